The number of aromatic nitrogens is 1. The van der Waals surface area contributed by atoms with E-state index >= 15 is 0 Å². The maximum absolute atomic E-state index is 6.07. The second-order valence-electron chi connectivity index (χ2n) is 7.30. The third-order valence-corrected chi connectivity index (χ3v) is 4.87. The summed E-state index contributed by atoms with van der Waals surface area (Å²) in [5.74, 6) is 1.62. The van der Waals surface area contributed by atoms with Gasteiger partial charge in [-0.2, -0.15) is 0 Å². The fraction of sp³-hybridized carbons (Fsp3) is 0.286. The normalized spacial score (nSPS) is 13.1. The molecular weight excluding hydrogens is 362 g/mol. The molecule has 1 aliphatic heterocycles. The molecule has 4 rings (SSSR count). The fourth-order valence-electron chi connectivity index (χ4n) is 3.05. The van der Waals surface area contributed by atoms with Gasteiger partial charge in [0.25, 0.3) is 0 Å². The highest BCUT2D eigenvalue weighted by Crippen LogP contribution is 2.32. The van der Waals surface area contributed by atoms with E-state index < -0.39 is 0 Å². The Morgan fingerprint density at radius 1 is 1.07 bits per heavy atom. The molecule has 5 nitrogen and oxygen atoms in total. The zero-order chi connectivity index (χ0) is 18.9. The van der Waals surface area contributed by atoms with Crippen molar-refractivity contribution in [1.82, 2.24) is 10.3 Å². The van der Waals surface area contributed by atoms with Crippen molar-refractivity contribution in [3.05, 3.63) is 59.2 Å². The van der Waals surface area contributed by atoms with E-state index in [0.717, 1.165) is 46.7 Å². The first-order valence-electron chi connectivity index (χ1n) is 8.92. The molecule has 0 saturated heterocycles. The quantitative estimate of drug-likeness (QED) is 0.651. The van der Waals surface area contributed by atoms with Gasteiger partial charge in [0.15, 0.2) is 11.5 Å². The summed E-state index contributed by atoms with van der Waals surface area (Å²) in [5.41, 5.74) is 2.99. The van der Waals surface area contributed by atoms with Gasteiger partial charge in [0.2, 0.25) is 6.79 Å². The van der Waals surface area contributed by atoms with Crippen molar-refractivity contribution in [1.29, 1.82) is 0 Å². The van der Waals surface area contributed by atoms with E-state index in [9.17, 15) is 0 Å². The van der Waals surface area contributed by atoms with Crippen LogP contribution in [0.5, 0.6) is 11.5 Å². The molecule has 140 valence electrons. The van der Waals surface area contributed by atoms with Crippen LogP contribution >= 0.6 is 11.6 Å². The summed E-state index contributed by atoms with van der Waals surface area (Å²) >= 11 is 6.07. The van der Waals surface area contributed by atoms with Crippen LogP contribution in [0.2, 0.25) is 5.02 Å². The van der Waals surface area contributed by atoms with Crippen molar-refractivity contribution in [3.8, 4) is 11.5 Å². The zero-order valence-electron chi connectivity index (χ0n) is 15.4. The largest absolute Gasteiger partial charge is 0.454 e. The molecule has 0 fully saturated rings. The van der Waals surface area contributed by atoms with Crippen molar-refractivity contribution in [2.45, 2.75) is 25.9 Å². The van der Waals surface area contributed by atoms with Gasteiger partial charge in [-0.1, -0.05) is 17.7 Å². The van der Waals surface area contributed by atoms with Crippen LogP contribution in [0.1, 0.15) is 19.4 Å². The van der Waals surface area contributed by atoms with Gasteiger partial charge < -0.3 is 20.1 Å². The molecule has 2 N–H and O–H groups in total. The maximum atomic E-state index is 6.07. The van der Waals surface area contributed by atoms with E-state index in [4.69, 9.17) is 21.1 Å². The molecule has 1 aromatic heterocycles. The molecule has 2 heterocycles. The summed E-state index contributed by atoms with van der Waals surface area (Å²) in [6, 6.07) is 13.8. The lowest BCUT2D eigenvalue weighted by Gasteiger charge is -2.27. The summed E-state index contributed by atoms with van der Waals surface area (Å²) in [6.45, 7) is 6.16. The number of anilines is 1. The summed E-state index contributed by atoms with van der Waals surface area (Å²) in [4.78, 5) is 4.39. The standard InChI is InChI=1S/C21H22ClN3O2/c1-21(2,25-11-14-3-6-19-20(9-14)27-13-26-19)12-24-17-7-8-23-18-10-15(22)4-5-16(17)18/h3-10,25H,11-13H2,1-2H3,(H,23,24). The van der Waals surface area contributed by atoms with Gasteiger partial charge >= 0.3 is 0 Å². The van der Waals surface area contributed by atoms with Crippen LogP contribution in [0, 0.1) is 0 Å². The van der Waals surface area contributed by atoms with Crippen LogP contribution in [0.25, 0.3) is 10.9 Å². The smallest absolute Gasteiger partial charge is 0.231 e. The average Bonchev–Trinajstić information content (AvgIpc) is 3.12. The Hall–Kier alpha value is -2.50. The molecule has 0 bridgehead atoms. The number of ether oxygens (including phenoxy) is 2. The molecule has 0 aliphatic carbocycles. The number of pyridine rings is 1. The predicted octanol–water partition coefficient (Wildman–Crippen LogP) is 4.60. The van der Waals surface area contributed by atoms with Crippen molar-refractivity contribution in [2.75, 3.05) is 18.7 Å². The van der Waals surface area contributed by atoms with Crippen LogP contribution in [0.15, 0.2) is 48.7 Å². The Labute approximate surface area is 163 Å². The van der Waals surface area contributed by atoms with Crippen molar-refractivity contribution < 1.29 is 9.47 Å². The van der Waals surface area contributed by atoms with Gasteiger partial charge in [-0.15, -0.1) is 0 Å². The molecule has 0 unspecified atom stereocenters. The molecule has 3 aromatic rings. The Morgan fingerprint density at radius 2 is 1.93 bits per heavy atom. The van der Waals surface area contributed by atoms with E-state index in [0.29, 0.717) is 11.8 Å². The highest BCUT2D eigenvalue weighted by Gasteiger charge is 2.19. The molecule has 0 atom stereocenters. The number of hydrogen-bond acceptors (Lipinski definition) is 5. The monoisotopic (exact) mass is 383 g/mol. The zero-order valence-corrected chi connectivity index (χ0v) is 16.1. The first-order chi connectivity index (χ1) is 13.0. The number of fused-ring (bicyclic) bond motifs is 2. The van der Waals surface area contributed by atoms with Crippen LogP contribution in [0.4, 0.5) is 5.69 Å². The van der Waals surface area contributed by atoms with Crippen LogP contribution in [0.3, 0.4) is 0 Å². The number of benzene rings is 2. The molecule has 27 heavy (non-hydrogen) atoms. The number of rotatable bonds is 6. The van der Waals surface area contributed by atoms with Gasteiger partial charge in [0.1, 0.15) is 0 Å². The van der Waals surface area contributed by atoms with Crippen LogP contribution in [-0.4, -0.2) is 23.9 Å². The summed E-state index contributed by atoms with van der Waals surface area (Å²) < 4.78 is 10.8. The van der Waals surface area contributed by atoms with Gasteiger partial charge in [0, 0.05) is 40.9 Å². The van der Waals surface area contributed by atoms with Gasteiger partial charge in [0.05, 0.1) is 5.52 Å². The third-order valence-electron chi connectivity index (χ3n) is 4.63. The van der Waals surface area contributed by atoms with Gasteiger partial charge in [-0.25, -0.2) is 0 Å². The number of nitrogens with zero attached hydrogens (tertiary/aromatic N) is 1. The van der Waals surface area contributed by atoms with E-state index in [1.165, 1.54) is 0 Å². The third kappa shape index (κ3) is 4.10. The minimum atomic E-state index is -0.113. The number of hydrogen-bond donors (Lipinski definition) is 2. The second kappa shape index (κ2) is 7.25. The van der Waals surface area contributed by atoms with E-state index in [-0.39, 0.29) is 5.54 Å². The fourth-order valence-corrected chi connectivity index (χ4v) is 3.21. The van der Waals surface area contributed by atoms with E-state index in [1.807, 2.05) is 36.4 Å². The van der Waals surface area contributed by atoms with E-state index in [2.05, 4.69) is 35.5 Å². The number of halogens is 1. The second-order valence-corrected chi connectivity index (χ2v) is 7.74. The Bertz CT molecular complexity index is 975. The molecule has 0 radical (unpaired) electrons. The molecule has 0 spiro atoms. The molecular formula is C21H22ClN3O2. The Morgan fingerprint density at radius 3 is 2.81 bits per heavy atom. The van der Waals surface area contributed by atoms with Gasteiger partial charge in [-0.05, 0) is 55.8 Å². The topological polar surface area (TPSA) is 55.4 Å². The molecule has 0 saturated carbocycles. The summed E-state index contributed by atoms with van der Waals surface area (Å²) in [5, 5.41) is 8.89. The van der Waals surface area contributed by atoms with Crippen molar-refractivity contribution >= 4 is 28.2 Å². The molecule has 1 aliphatic rings. The lowest BCUT2D eigenvalue weighted by molar-refractivity contribution is 0.174. The van der Waals surface area contributed by atoms with Crippen molar-refractivity contribution in [3.63, 3.8) is 0 Å². The lowest BCUT2D eigenvalue weighted by Crippen LogP contribution is -2.44. The first-order valence-corrected chi connectivity index (χ1v) is 9.30. The molecule has 2 aromatic carbocycles. The first kappa shape index (κ1) is 17.9. The lowest BCUT2D eigenvalue weighted by atomic mass is 10.0. The van der Waals surface area contributed by atoms with E-state index in [1.54, 1.807) is 6.20 Å². The Balaban J connectivity index is 1.40. The Kier molecular flexibility index (Phi) is 4.81. The minimum absolute atomic E-state index is 0.113. The minimum Gasteiger partial charge on any atom is -0.454 e. The van der Waals surface area contributed by atoms with Crippen molar-refractivity contribution in [2.24, 2.45) is 0 Å². The maximum Gasteiger partial charge on any atom is 0.231 e. The molecule has 6 heteroatoms. The number of nitrogens with one attached hydrogen (secondary N) is 2. The van der Waals surface area contributed by atoms with Crippen LogP contribution < -0.4 is 20.1 Å². The average molecular weight is 384 g/mol. The predicted molar refractivity (Wildman–Crippen MR) is 109 cm³/mol. The molecule has 0 amide bonds. The summed E-state index contributed by atoms with van der Waals surface area (Å²) in [6.07, 6.45) is 1.80. The SMILES string of the molecule is CC(C)(CNc1ccnc2cc(Cl)ccc12)NCc1ccc2c(c1)OCO2. The van der Waals surface area contributed by atoms with Crippen LogP contribution in [-0.2, 0) is 6.54 Å². The summed E-state index contributed by atoms with van der Waals surface area (Å²) in [7, 11) is 0. The van der Waals surface area contributed by atoms with Gasteiger partial charge in [-0.3, -0.25) is 4.98 Å². The highest BCUT2D eigenvalue weighted by molar-refractivity contribution is 6.31. The highest BCUT2D eigenvalue weighted by atomic mass is 35.5.